The minimum atomic E-state index is 0.0997. The topological polar surface area (TPSA) is 34.0 Å². The van der Waals surface area contributed by atoms with E-state index in [1.807, 2.05) is 12.1 Å². The quantitative estimate of drug-likeness (QED) is 0.924. The maximum Gasteiger partial charge on any atom is 0.219 e. The second-order valence-electron chi connectivity index (χ2n) is 3.96. The fourth-order valence-electron chi connectivity index (χ4n) is 1.92. The number of fused-ring (bicyclic) bond motifs is 1. The van der Waals surface area contributed by atoms with Gasteiger partial charge in [-0.25, -0.2) is 0 Å². The van der Waals surface area contributed by atoms with Gasteiger partial charge in [-0.3, -0.25) is 4.79 Å². The molecule has 0 aliphatic carbocycles. The lowest BCUT2D eigenvalue weighted by molar-refractivity contribution is -0.120. The molecule has 0 radical (unpaired) electrons. The number of hydrogen-bond donors (Lipinski definition) is 1. The average Bonchev–Trinajstić information content (AvgIpc) is 2.74. The Morgan fingerprint density at radius 2 is 2.24 bits per heavy atom. The van der Waals surface area contributed by atoms with Gasteiger partial charge in [0, 0.05) is 41.6 Å². The highest BCUT2D eigenvalue weighted by Gasteiger charge is 2.04. The Morgan fingerprint density at radius 1 is 1.41 bits per heavy atom. The third-order valence-electron chi connectivity index (χ3n) is 2.84. The molecule has 1 aromatic heterocycles. The van der Waals surface area contributed by atoms with E-state index in [-0.39, 0.29) is 5.91 Å². The van der Waals surface area contributed by atoms with Gasteiger partial charge in [0.2, 0.25) is 5.91 Å². The smallest absolute Gasteiger partial charge is 0.219 e. The number of aryl methyl sites for hydroxylation is 1. The molecule has 90 valence electrons. The molecule has 0 aliphatic rings. The molecule has 0 bridgehead atoms. The summed E-state index contributed by atoms with van der Waals surface area (Å²) in [6.45, 7) is 0.868. The van der Waals surface area contributed by atoms with Crippen LogP contribution in [0.25, 0.3) is 10.9 Å². The van der Waals surface area contributed by atoms with E-state index < -0.39 is 0 Å². The Balaban J connectivity index is 2.09. The fourth-order valence-corrected chi connectivity index (χ4v) is 2.40. The number of nitrogens with one attached hydrogen (secondary N) is 1. The lowest BCUT2D eigenvalue weighted by Gasteiger charge is -2.05. The zero-order valence-electron chi connectivity index (χ0n) is 9.74. The van der Waals surface area contributed by atoms with Gasteiger partial charge in [-0.2, -0.15) is 0 Å². The number of carbonyl (C=O) groups excluding carboxylic acids is 1. The van der Waals surface area contributed by atoms with E-state index >= 15 is 0 Å². The van der Waals surface area contributed by atoms with Crippen molar-refractivity contribution in [2.75, 3.05) is 7.05 Å². The fraction of sp³-hybridized carbons (Fsp3) is 0.308. The first-order valence-electron chi connectivity index (χ1n) is 5.66. The van der Waals surface area contributed by atoms with E-state index in [4.69, 9.17) is 0 Å². The summed E-state index contributed by atoms with van der Waals surface area (Å²) < 4.78 is 3.29. The molecular formula is C13H15BrN2O. The average molecular weight is 295 g/mol. The molecule has 0 atom stereocenters. The van der Waals surface area contributed by atoms with Crippen molar-refractivity contribution in [3.8, 4) is 0 Å². The summed E-state index contributed by atoms with van der Waals surface area (Å²) in [5.74, 6) is 0.0997. The normalized spacial score (nSPS) is 10.7. The molecule has 3 nitrogen and oxygen atoms in total. The van der Waals surface area contributed by atoms with E-state index in [0.29, 0.717) is 6.42 Å². The van der Waals surface area contributed by atoms with E-state index in [1.165, 1.54) is 10.9 Å². The molecule has 2 rings (SSSR count). The Morgan fingerprint density at radius 3 is 3.00 bits per heavy atom. The molecule has 1 amide bonds. The number of aromatic nitrogens is 1. The maximum atomic E-state index is 11.1. The van der Waals surface area contributed by atoms with E-state index in [9.17, 15) is 4.79 Å². The first-order chi connectivity index (χ1) is 8.22. The number of rotatable bonds is 4. The molecule has 1 N–H and O–H groups in total. The lowest BCUT2D eigenvalue weighted by atomic mass is 10.2. The SMILES string of the molecule is CNC(=O)CCCn1ccc2c(Br)cccc21. The summed E-state index contributed by atoms with van der Waals surface area (Å²) in [7, 11) is 1.67. The van der Waals surface area contributed by atoms with Crippen LogP contribution in [0.15, 0.2) is 34.9 Å². The van der Waals surface area contributed by atoms with Gasteiger partial charge in [0.1, 0.15) is 0 Å². The van der Waals surface area contributed by atoms with Gasteiger partial charge in [-0.05, 0) is 24.6 Å². The molecule has 0 aliphatic heterocycles. The first-order valence-corrected chi connectivity index (χ1v) is 6.45. The molecule has 0 spiro atoms. The molecular weight excluding hydrogens is 280 g/mol. The summed E-state index contributed by atoms with van der Waals surface area (Å²) in [6.07, 6.45) is 3.50. The van der Waals surface area contributed by atoms with Crippen LogP contribution in [0, 0.1) is 0 Å². The monoisotopic (exact) mass is 294 g/mol. The van der Waals surface area contributed by atoms with Crippen molar-refractivity contribution < 1.29 is 4.79 Å². The summed E-state index contributed by atoms with van der Waals surface area (Å²) in [5, 5.41) is 3.85. The molecule has 17 heavy (non-hydrogen) atoms. The van der Waals surface area contributed by atoms with E-state index in [0.717, 1.165) is 17.4 Å². The zero-order valence-corrected chi connectivity index (χ0v) is 11.3. The van der Waals surface area contributed by atoms with Crippen LogP contribution in [0.5, 0.6) is 0 Å². The minimum Gasteiger partial charge on any atom is -0.359 e. The third-order valence-corrected chi connectivity index (χ3v) is 3.53. The van der Waals surface area contributed by atoms with Gasteiger partial charge < -0.3 is 9.88 Å². The zero-order chi connectivity index (χ0) is 12.3. The highest BCUT2D eigenvalue weighted by atomic mass is 79.9. The largest absolute Gasteiger partial charge is 0.359 e. The van der Waals surface area contributed by atoms with Crippen LogP contribution in [0.4, 0.5) is 0 Å². The van der Waals surface area contributed by atoms with Crippen molar-refractivity contribution in [2.24, 2.45) is 0 Å². The Labute approximate surface area is 109 Å². The maximum absolute atomic E-state index is 11.1. The molecule has 1 aromatic carbocycles. The van der Waals surface area contributed by atoms with Crippen LogP contribution in [0.2, 0.25) is 0 Å². The van der Waals surface area contributed by atoms with Gasteiger partial charge >= 0.3 is 0 Å². The van der Waals surface area contributed by atoms with Crippen LogP contribution < -0.4 is 5.32 Å². The Kier molecular flexibility index (Phi) is 3.84. The number of amides is 1. The van der Waals surface area contributed by atoms with Crippen molar-refractivity contribution in [1.82, 2.24) is 9.88 Å². The molecule has 0 saturated heterocycles. The van der Waals surface area contributed by atoms with Crippen LogP contribution in [0.3, 0.4) is 0 Å². The van der Waals surface area contributed by atoms with Gasteiger partial charge in [0.05, 0.1) is 0 Å². The second kappa shape index (κ2) is 5.36. The van der Waals surface area contributed by atoms with Crippen molar-refractivity contribution in [2.45, 2.75) is 19.4 Å². The number of nitrogens with zero attached hydrogens (tertiary/aromatic N) is 1. The Hall–Kier alpha value is -1.29. The highest BCUT2D eigenvalue weighted by Crippen LogP contribution is 2.24. The molecule has 0 saturated carbocycles. The van der Waals surface area contributed by atoms with Crippen molar-refractivity contribution in [3.63, 3.8) is 0 Å². The van der Waals surface area contributed by atoms with Gasteiger partial charge in [0.25, 0.3) is 0 Å². The predicted molar refractivity (Wildman–Crippen MR) is 72.9 cm³/mol. The Bertz CT molecular complexity index is 533. The molecule has 4 heteroatoms. The minimum absolute atomic E-state index is 0.0997. The highest BCUT2D eigenvalue weighted by molar-refractivity contribution is 9.10. The number of hydrogen-bond acceptors (Lipinski definition) is 1. The van der Waals surface area contributed by atoms with E-state index in [1.54, 1.807) is 7.05 Å². The number of carbonyl (C=O) groups is 1. The summed E-state index contributed by atoms with van der Waals surface area (Å²) >= 11 is 3.54. The third kappa shape index (κ3) is 2.69. The van der Waals surface area contributed by atoms with Crippen LogP contribution in [-0.4, -0.2) is 17.5 Å². The molecule has 0 unspecified atom stereocenters. The van der Waals surface area contributed by atoms with E-state index in [2.05, 4.69) is 44.1 Å². The molecule has 1 heterocycles. The molecule has 2 aromatic rings. The van der Waals surface area contributed by atoms with Crippen LogP contribution >= 0.6 is 15.9 Å². The standard InChI is InChI=1S/C13H15BrN2O/c1-15-13(17)6-3-8-16-9-7-10-11(14)4-2-5-12(10)16/h2,4-5,7,9H,3,6,8H2,1H3,(H,15,17). The van der Waals surface area contributed by atoms with Gasteiger partial charge in [-0.15, -0.1) is 0 Å². The van der Waals surface area contributed by atoms with Crippen LogP contribution in [-0.2, 0) is 11.3 Å². The van der Waals surface area contributed by atoms with Crippen molar-refractivity contribution >= 4 is 32.7 Å². The predicted octanol–water partition coefficient (Wildman–Crippen LogP) is 2.93. The molecule has 0 fully saturated rings. The summed E-state index contributed by atoms with van der Waals surface area (Å²) in [6, 6.07) is 8.26. The van der Waals surface area contributed by atoms with Gasteiger partial charge in [-0.1, -0.05) is 22.0 Å². The first kappa shape index (κ1) is 12.2. The number of halogens is 1. The number of benzene rings is 1. The van der Waals surface area contributed by atoms with Gasteiger partial charge in [0.15, 0.2) is 0 Å². The lowest BCUT2D eigenvalue weighted by Crippen LogP contribution is -2.17. The van der Waals surface area contributed by atoms with Crippen molar-refractivity contribution in [3.05, 3.63) is 34.9 Å². The van der Waals surface area contributed by atoms with Crippen LogP contribution in [0.1, 0.15) is 12.8 Å². The summed E-state index contributed by atoms with van der Waals surface area (Å²) in [4.78, 5) is 11.1. The van der Waals surface area contributed by atoms with Crippen molar-refractivity contribution in [1.29, 1.82) is 0 Å². The second-order valence-corrected chi connectivity index (χ2v) is 4.81. The summed E-state index contributed by atoms with van der Waals surface area (Å²) in [5.41, 5.74) is 1.20.